The summed E-state index contributed by atoms with van der Waals surface area (Å²) in [6.07, 6.45) is -0.636. The number of anilines is 1. The molecule has 0 aliphatic carbocycles. The number of primary amides is 1. The van der Waals surface area contributed by atoms with Crippen LogP contribution >= 0.6 is 0 Å². The van der Waals surface area contributed by atoms with Crippen LogP contribution in [0.15, 0.2) is 47.4 Å². The Morgan fingerprint density at radius 1 is 1.18 bits per heavy atom. The molecule has 0 radical (unpaired) electrons. The predicted molar refractivity (Wildman–Crippen MR) is 143 cm³/mol. The maximum Gasteiger partial charge on any atom is 0.407 e. The standard InChI is InChI=1S/C26H30FN5O7S/c27-16-12-20-22(21(13-16)29-17-6-8-31(9-7-17)26(34)35)30-23(25(28)33)24(20)40(36,37)32-10-11-38-19(14-32)15-39-18-4-2-1-3-5-18/h1-5,12-13,17,19,29-30H,6-11,14-15H2,(H2,28,33)(H,34,35). The average Bonchev–Trinajstić information content (AvgIpc) is 3.34. The molecule has 14 heteroatoms. The minimum absolute atomic E-state index is 0.0113. The number of carbonyl (C=O) groups is 2. The number of hydrogen-bond donors (Lipinski definition) is 4. The minimum atomic E-state index is -4.32. The number of nitrogens with two attached hydrogens (primary N) is 1. The van der Waals surface area contributed by atoms with E-state index in [9.17, 15) is 27.5 Å². The van der Waals surface area contributed by atoms with Crippen LogP contribution in [0.3, 0.4) is 0 Å². The van der Waals surface area contributed by atoms with Gasteiger partial charge in [-0.2, -0.15) is 4.31 Å². The monoisotopic (exact) mass is 575 g/mol. The van der Waals surface area contributed by atoms with Gasteiger partial charge in [0.05, 0.1) is 17.8 Å². The van der Waals surface area contributed by atoms with E-state index >= 15 is 0 Å². The first kappa shape index (κ1) is 27.7. The highest BCUT2D eigenvalue weighted by Gasteiger charge is 2.37. The van der Waals surface area contributed by atoms with Gasteiger partial charge in [-0.1, -0.05) is 18.2 Å². The van der Waals surface area contributed by atoms with Gasteiger partial charge in [-0.05, 0) is 37.1 Å². The molecule has 3 aromatic rings. The predicted octanol–water partition coefficient (Wildman–Crippen LogP) is 2.43. The molecule has 5 rings (SSSR count). The summed E-state index contributed by atoms with van der Waals surface area (Å²) >= 11 is 0. The Balaban J connectivity index is 1.43. The number of benzene rings is 2. The minimum Gasteiger partial charge on any atom is -0.491 e. The van der Waals surface area contributed by atoms with Gasteiger partial charge in [0, 0.05) is 37.6 Å². The number of amides is 2. The largest absolute Gasteiger partial charge is 0.491 e. The number of carbonyl (C=O) groups excluding carboxylic acids is 1. The van der Waals surface area contributed by atoms with Crippen molar-refractivity contribution in [3.8, 4) is 5.75 Å². The molecule has 1 unspecified atom stereocenters. The number of piperidine rings is 1. The van der Waals surface area contributed by atoms with Gasteiger partial charge < -0.3 is 35.5 Å². The summed E-state index contributed by atoms with van der Waals surface area (Å²) in [5, 5.41) is 12.4. The number of morpholine rings is 1. The van der Waals surface area contributed by atoms with Gasteiger partial charge in [0.2, 0.25) is 10.0 Å². The Morgan fingerprint density at radius 3 is 2.58 bits per heavy atom. The van der Waals surface area contributed by atoms with Crippen LogP contribution in [0.1, 0.15) is 23.3 Å². The number of carboxylic acid groups (broad SMARTS) is 1. The number of rotatable bonds is 8. The fourth-order valence-corrected chi connectivity index (χ4v) is 6.86. The van der Waals surface area contributed by atoms with E-state index in [0.29, 0.717) is 31.7 Å². The summed E-state index contributed by atoms with van der Waals surface area (Å²) in [5.41, 5.74) is 5.70. The highest BCUT2D eigenvalue weighted by molar-refractivity contribution is 7.89. The number of para-hydroxylation sites is 1. The lowest BCUT2D eigenvalue weighted by Crippen LogP contribution is -2.47. The van der Waals surface area contributed by atoms with Gasteiger partial charge in [-0.15, -0.1) is 0 Å². The molecule has 2 fully saturated rings. The molecule has 1 aromatic heterocycles. The number of fused-ring (bicyclic) bond motifs is 1. The number of aromatic amines is 1. The second-order valence-electron chi connectivity index (χ2n) is 9.74. The molecular weight excluding hydrogens is 545 g/mol. The number of ether oxygens (including phenoxy) is 2. The van der Waals surface area contributed by atoms with Gasteiger partial charge >= 0.3 is 6.09 Å². The van der Waals surface area contributed by atoms with Crippen LogP contribution in [0.25, 0.3) is 10.9 Å². The summed E-state index contributed by atoms with van der Waals surface area (Å²) in [4.78, 5) is 27.3. The maximum absolute atomic E-state index is 14.9. The Bertz CT molecular complexity index is 1510. The molecule has 2 aliphatic heterocycles. The van der Waals surface area contributed by atoms with Crippen molar-refractivity contribution in [2.45, 2.75) is 29.9 Å². The van der Waals surface area contributed by atoms with Gasteiger partial charge in [-0.25, -0.2) is 17.6 Å². The second-order valence-corrected chi connectivity index (χ2v) is 11.6. The topological polar surface area (TPSA) is 167 Å². The normalized spacial score (nSPS) is 19.0. The lowest BCUT2D eigenvalue weighted by Gasteiger charge is -2.32. The zero-order chi connectivity index (χ0) is 28.4. The molecule has 5 N–H and O–H groups in total. The van der Waals surface area contributed by atoms with Crippen LogP contribution in [0.5, 0.6) is 5.75 Å². The van der Waals surface area contributed by atoms with Gasteiger partial charge in [0.25, 0.3) is 5.91 Å². The van der Waals surface area contributed by atoms with Crippen molar-refractivity contribution in [2.75, 3.05) is 44.7 Å². The third-order valence-electron chi connectivity index (χ3n) is 7.07. The number of hydrogen-bond acceptors (Lipinski definition) is 7. The molecule has 40 heavy (non-hydrogen) atoms. The number of nitrogens with one attached hydrogen (secondary N) is 2. The average molecular weight is 576 g/mol. The molecular formula is C26H30FN5O7S. The first-order valence-electron chi connectivity index (χ1n) is 12.8. The van der Waals surface area contributed by atoms with E-state index in [1.807, 2.05) is 18.2 Å². The fourth-order valence-electron chi connectivity index (χ4n) is 5.07. The van der Waals surface area contributed by atoms with Crippen LogP contribution < -0.4 is 15.8 Å². The van der Waals surface area contributed by atoms with Crippen LogP contribution in [-0.2, 0) is 14.8 Å². The van der Waals surface area contributed by atoms with Crippen LogP contribution in [0.4, 0.5) is 14.9 Å². The third-order valence-corrected chi connectivity index (χ3v) is 9.03. The molecule has 12 nitrogen and oxygen atoms in total. The first-order valence-corrected chi connectivity index (χ1v) is 14.3. The van der Waals surface area contributed by atoms with Crippen molar-refractivity contribution >= 4 is 38.6 Å². The molecule has 0 bridgehead atoms. The van der Waals surface area contributed by atoms with E-state index in [1.165, 1.54) is 15.3 Å². The number of H-pyrrole nitrogens is 1. The van der Waals surface area contributed by atoms with Crippen LogP contribution in [0.2, 0.25) is 0 Å². The van der Waals surface area contributed by atoms with Crippen molar-refractivity contribution in [3.63, 3.8) is 0 Å². The Hall–Kier alpha value is -3.88. The van der Waals surface area contributed by atoms with Crippen molar-refractivity contribution < 1.29 is 37.0 Å². The zero-order valence-electron chi connectivity index (χ0n) is 21.5. The lowest BCUT2D eigenvalue weighted by atomic mass is 10.0. The quantitative estimate of drug-likeness (QED) is 0.318. The Labute approximate surface area is 229 Å². The van der Waals surface area contributed by atoms with Gasteiger partial charge in [0.15, 0.2) is 0 Å². The van der Waals surface area contributed by atoms with Crippen molar-refractivity contribution in [2.24, 2.45) is 5.73 Å². The molecule has 0 spiro atoms. The number of halogens is 1. The number of likely N-dealkylation sites (tertiary alicyclic amines) is 1. The second kappa shape index (κ2) is 11.3. The number of sulfonamides is 1. The van der Waals surface area contributed by atoms with E-state index in [1.54, 1.807) is 12.1 Å². The summed E-state index contributed by atoms with van der Waals surface area (Å²) < 4.78 is 55.3. The number of aromatic nitrogens is 1. The molecule has 2 aromatic carbocycles. The molecule has 0 saturated carbocycles. The fraction of sp³-hybridized carbons (Fsp3) is 0.385. The molecule has 1 atom stereocenters. The summed E-state index contributed by atoms with van der Waals surface area (Å²) in [6.45, 7) is 0.797. The first-order chi connectivity index (χ1) is 19.1. The zero-order valence-corrected chi connectivity index (χ0v) is 22.3. The molecule has 2 aliphatic rings. The van der Waals surface area contributed by atoms with E-state index in [-0.39, 0.29) is 54.6 Å². The highest BCUT2D eigenvalue weighted by atomic mass is 32.2. The van der Waals surface area contributed by atoms with Gasteiger partial charge in [0.1, 0.15) is 34.9 Å². The van der Waals surface area contributed by atoms with E-state index < -0.39 is 38.8 Å². The Kier molecular flexibility index (Phi) is 7.83. The third kappa shape index (κ3) is 5.69. The summed E-state index contributed by atoms with van der Waals surface area (Å²) in [5.74, 6) is -1.10. The molecule has 2 amide bonds. The highest BCUT2D eigenvalue weighted by Crippen LogP contribution is 2.35. The van der Waals surface area contributed by atoms with Crippen molar-refractivity contribution in [3.05, 3.63) is 54.0 Å². The SMILES string of the molecule is NC(=O)c1[nH]c2c(NC3CCN(C(=O)O)CC3)cc(F)cc2c1S(=O)(=O)N1CCOC(COc2ccccc2)C1. The van der Waals surface area contributed by atoms with Crippen LogP contribution in [-0.4, -0.2) is 91.3 Å². The summed E-state index contributed by atoms with van der Waals surface area (Å²) in [7, 11) is -4.32. The molecule has 214 valence electrons. The molecule has 3 heterocycles. The smallest absolute Gasteiger partial charge is 0.407 e. The number of nitrogens with zero attached hydrogens (tertiary/aromatic N) is 2. The van der Waals surface area contributed by atoms with E-state index in [0.717, 1.165) is 6.07 Å². The Morgan fingerprint density at radius 2 is 1.90 bits per heavy atom. The lowest BCUT2D eigenvalue weighted by molar-refractivity contribution is -0.0249. The van der Waals surface area contributed by atoms with Crippen molar-refractivity contribution in [1.29, 1.82) is 0 Å². The molecule has 2 saturated heterocycles. The van der Waals surface area contributed by atoms with Crippen LogP contribution in [0, 0.1) is 5.82 Å². The maximum atomic E-state index is 14.9. The van der Waals surface area contributed by atoms with Gasteiger partial charge in [-0.3, -0.25) is 4.79 Å². The summed E-state index contributed by atoms with van der Waals surface area (Å²) in [6, 6.07) is 11.1. The van der Waals surface area contributed by atoms with Crippen molar-refractivity contribution in [1.82, 2.24) is 14.2 Å². The van der Waals surface area contributed by atoms with E-state index in [2.05, 4.69) is 10.3 Å². The van der Waals surface area contributed by atoms with E-state index in [4.69, 9.17) is 15.2 Å².